The monoisotopic (exact) mass is 548 g/mol. The van der Waals surface area contributed by atoms with Crippen molar-refractivity contribution in [3.63, 3.8) is 0 Å². The third kappa shape index (κ3) is 3.94. The first-order chi connectivity index (χ1) is 19.8. The summed E-state index contributed by atoms with van der Waals surface area (Å²) in [5, 5.41) is 35.5. The molecule has 0 aromatic heterocycles. The third-order valence-corrected chi connectivity index (χ3v) is 8.72. The van der Waals surface area contributed by atoms with E-state index in [1.807, 2.05) is 48.5 Å². The van der Waals surface area contributed by atoms with Gasteiger partial charge in [0.1, 0.15) is 11.8 Å². The summed E-state index contributed by atoms with van der Waals surface area (Å²) in [4.78, 5) is 4.85. The number of hydrogen-bond acceptors (Lipinski definition) is 7. The maximum atomic E-state index is 13.9. The third-order valence-electron chi connectivity index (χ3n) is 8.72. The lowest BCUT2D eigenvalue weighted by Crippen LogP contribution is -2.47. The number of hydroxylamine groups is 3. The lowest BCUT2D eigenvalue weighted by atomic mass is 9.86. The maximum absolute atomic E-state index is 13.9. The molecule has 0 amide bonds. The van der Waals surface area contributed by atoms with Crippen molar-refractivity contribution in [2.45, 2.75) is 31.7 Å². The molecule has 4 aromatic rings. The van der Waals surface area contributed by atoms with Gasteiger partial charge in [0.05, 0.1) is 19.2 Å². The average molecular weight is 549 g/mol. The van der Waals surface area contributed by atoms with Crippen molar-refractivity contribution in [2.24, 2.45) is 4.99 Å². The van der Waals surface area contributed by atoms with E-state index in [0.29, 0.717) is 61.1 Å². The smallest absolute Gasteiger partial charge is 0.212 e. The zero-order chi connectivity index (χ0) is 27.9. The number of fused-ring (bicyclic) bond motifs is 2. The summed E-state index contributed by atoms with van der Waals surface area (Å²) in [5.74, 6) is 2.76. The minimum Gasteiger partial charge on any atom is -0.633 e. The van der Waals surface area contributed by atoms with Crippen LogP contribution in [0.4, 0.5) is 0 Å². The number of nitrogens with zero attached hydrogens (tertiary/aromatic N) is 2. The van der Waals surface area contributed by atoms with E-state index < -0.39 is 10.7 Å². The number of aliphatic imine (C=N–C) groups is 1. The van der Waals surface area contributed by atoms with E-state index in [9.17, 15) is 15.4 Å². The molecule has 0 saturated heterocycles. The van der Waals surface area contributed by atoms with Gasteiger partial charge in [0.25, 0.3) is 0 Å². The molecule has 5 aliphatic rings. The Labute approximate surface area is 236 Å². The second-order valence-corrected chi connectivity index (χ2v) is 11.5. The Morgan fingerprint density at radius 2 is 1.59 bits per heavy atom. The summed E-state index contributed by atoms with van der Waals surface area (Å²) >= 11 is 0. The SMILES string of the molecule is C[N+]1([O-])CCc2cc(O)c3c4c2[C@@H]1Cc1ccc(cc1)Oc1cc(ccc1O)CC1=NCCc2cc(c(cc21)O4)O3. The number of rotatable bonds is 0. The number of aromatic hydroxyl groups is 2. The summed E-state index contributed by atoms with van der Waals surface area (Å²) in [7, 11) is 1.70. The number of benzene rings is 4. The van der Waals surface area contributed by atoms with Gasteiger partial charge in [0.15, 0.2) is 34.5 Å². The van der Waals surface area contributed by atoms with E-state index in [4.69, 9.17) is 19.2 Å². The Morgan fingerprint density at radius 1 is 0.805 bits per heavy atom. The number of hydrogen-bond donors (Lipinski definition) is 2. The van der Waals surface area contributed by atoms with Crippen LogP contribution in [0.1, 0.15) is 39.4 Å². The standard InChI is InChI=1S/C33H28N2O6/c1-35(38)11-9-21-15-27(37)32-33-31(21)25(35)13-18-2-5-22(6-3-18)39-28-14-19(4-7-26(28)36)12-24-23-17-30(41-33)29(40-32)16-20(23)8-10-34-24/h2-7,14-17,25,36-37H,8-13H2,1H3/t25-,35?/m0/s1. The van der Waals surface area contributed by atoms with E-state index in [-0.39, 0.29) is 17.2 Å². The Morgan fingerprint density at radius 3 is 2.44 bits per heavy atom. The first-order valence-corrected chi connectivity index (χ1v) is 13.9. The van der Waals surface area contributed by atoms with Gasteiger partial charge in [-0.1, -0.05) is 18.2 Å². The molecule has 5 aliphatic heterocycles. The van der Waals surface area contributed by atoms with Crippen LogP contribution < -0.4 is 14.2 Å². The summed E-state index contributed by atoms with van der Waals surface area (Å²) in [6.07, 6.45) is 2.29. The molecular weight excluding hydrogens is 520 g/mol. The molecule has 41 heavy (non-hydrogen) atoms. The van der Waals surface area contributed by atoms with Crippen LogP contribution in [0, 0.1) is 5.21 Å². The van der Waals surface area contributed by atoms with Crippen LogP contribution in [0.5, 0.6) is 46.0 Å². The Kier molecular flexibility index (Phi) is 5.17. The predicted molar refractivity (Wildman–Crippen MR) is 153 cm³/mol. The minimum absolute atomic E-state index is 0.0110. The van der Waals surface area contributed by atoms with Crippen molar-refractivity contribution in [1.82, 2.24) is 0 Å². The van der Waals surface area contributed by atoms with Gasteiger partial charge in [-0.05, 0) is 71.1 Å². The molecule has 0 radical (unpaired) electrons. The quantitative estimate of drug-likeness (QED) is 0.170. The van der Waals surface area contributed by atoms with E-state index in [0.717, 1.165) is 45.5 Å². The molecule has 4 aromatic carbocycles. The van der Waals surface area contributed by atoms with Gasteiger partial charge in [-0.2, -0.15) is 0 Å². The molecule has 0 fully saturated rings. The van der Waals surface area contributed by atoms with Crippen molar-refractivity contribution in [3.05, 3.63) is 99.3 Å². The second-order valence-electron chi connectivity index (χ2n) is 11.5. The first kappa shape index (κ1) is 24.3. The predicted octanol–water partition coefficient (Wildman–Crippen LogP) is 6.47. The molecule has 9 rings (SSSR count). The summed E-state index contributed by atoms with van der Waals surface area (Å²) < 4.78 is 18.5. The van der Waals surface area contributed by atoms with E-state index in [1.165, 1.54) is 0 Å². The fourth-order valence-corrected chi connectivity index (χ4v) is 6.52. The van der Waals surface area contributed by atoms with E-state index >= 15 is 0 Å². The Hall–Kier alpha value is -4.53. The Bertz CT molecular complexity index is 1780. The van der Waals surface area contributed by atoms with Crippen molar-refractivity contribution >= 4 is 5.71 Å². The van der Waals surface area contributed by atoms with Crippen molar-refractivity contribution in [2.75, 3.05) is 20.1 Å². The molecule has 0 saturated carbocycles. The summed E-state index contributed by atoms with van der Waals surface area (Å²) in [6.45, 7) is 1.03. The molecule has 0 aliphatic carbocycles. The van der Waals surface area contributed by atoms with Crippen molar-refractivity contribution < 1.29 is 29.1 Å². The molecule has 7 bridgehead atoms. The highest BCUT2D eigenvalue weighted by Crippen LogP contribution is 2.56. The molecule has 0 spiro atoms. The van der Waals surface area contributed by atoms with E-state index in [1.54, 1.807) is 19.2 Å². The van der Waals surface area contributed by atoms with Crippen LogP contribution in [0.3, 0.4) is 0 Å². The van der Waals surface area contributed by atoms with Gasteiger partial charge in [-0.3, -0.25) is 4.99 Å². The van der Waals surface area contributed by atoms with Gasteiger partial charge in [0, 0.05) is 37.1 Å². The molecule has 8 nitrogen and oxygen atoms in total. The van der Waals surface area contributed by atoms with Gasteiger partial charge < -0.3 is 34.3 Å². The minimum atomic E-state index is -0.473. The van der Waals surface area contributed by atoms with Crippen molar-refractivity contribution in [1.29, 1.82) is 0 Å². The molecular formula is C33H28N2O6. The molecule has 206 valence electrons. The van der Waals surface area contributed by atoms with E-state index in [2.05, 4.69) is 0 Å². The lowest BCUT2D eigenvalue weighted by Gasteiger charge is -2.49. The topological polar surface area (TPSA) is 104 Å². The maximum Gasteiger partial charge on any atom is 0.212 e. The number of likely N-dealkylation sites (N-methyl/N-ethyl adjacent to an activating group) is 1. The van der Waals surface area contributed by atoms with Crippen LogP contribution in [-0.2, 0) is 25.7 Å². The number of ether oxygens (including phenoxy) is 3. The summed E-state index contributed by atoms with van der Waals surface area (Å²) in [6, 6.07) is 18.1. The largest absolute Gasteiger partial charge is 0.633 e. The average Bonchev–Trinajstić information content (AvgIpc) is 2.95. The van der Waals surface area contributed by atoms with Gasteiger partial charge >= 0.3 is 0 Å². The van der Waals surface area contributed by atoms with Gasteiger partial charge in [-0.15, -0.1) is 0 Å². The van der Waals surface area contributed by atoms with Gasteiger partial charge in [-0.25, -0.2) is 0 Å². The fourth-order valence-electron chi connectivity index (χ4n) is 6.52. The lowest BCUT2D eigenvalue weighted by molar-refractivity contribution is -0.894. The Balaban J connectivity index is 1.34. The molecule has 5 heterocycles. The van der Waals surface area contributed by atoms with Crippen LogP contribution >= 0.6 is 0 Å². The van der Waals surface area contributed by atoms with Crippen LogP contribution in [-0.4, -0.2) is 40.7 Å². The molecule has 2 N–H and O–H groups in total. The number of phenolic OH excluding ortho intramolecular Hbond substituents is 2. The highest BCUT2D eigenvalue weighted by molar-refractivity contribution is 6.04. The normalized spacial score (nSPS) is 21.6. The van der Waals surface area contributed by atoms with Crippen molar-refractivity contribution in [3.8, 4) is 46.0 Å². The van der Waals surface area contributed by atoms with Crippen LogP contribution in [0.15, 0.2) is 65.7 Å². The van der Waals surface area contributed by atoms with Gasteiger partial charge in [0.2, 0.25) is 5.75 Å². The summed E-state index contributed by atoms with van der Waals surface area (Å²) in [5.41, 5.74) is 6.56. The first-order valence-electron chi connectivity index (χ1n) is 13.9. The van der Waals surface area contributed by atoms with Crippen LogP contribution in [0.2, 0.25) is 0 Å². The molecule has 8 heteroatoms. The number of phenols is 2. The highest BCUT2D eigenvalue weighted by atomic mass is 16.6. The highest BCUT2D eigenvalue weighted by Gasteiger charge is 2.40. The van der Waals surface area contributed by atoms with Crippen LogP contribution in [0.25, 0.3) is 0 Å². The molecule has 2 atom stereocenters. The zero-order valence-electron chi connectivity index (χ0n) is 22.5. The molecule has 1 unspecified atom stereocenters. The second kappa shape index (κ2) is 8.73. The number of quaternary nitrogens is 1. The fraction of sp³-hybridized carbons (Fsp3) is 0.242. The zero-order valence-corrected chi connectivity index (χ0v) is 22.5.